The molecule has 4 nitrogen and oxygen atoms in total. The zero-order valence-corrected chi connectivity index (χ0v) is 13.3. The molecule has 1 aliphatic heterocycles. The summed E-state index contributed by atoms with van der Waals surface area (Å²) in [6.45, 7) is 4.07. The minimum atomic E-state index is -1.29. The molecule has 0 radical (unpaired) electrons. The second kappa shape index (κ2) is 4.30. The number of Topliss-reactive ketones (excluding diaryl/α,β-unsaturated/α-hetero) is 2. The number of fused-ring (bicyclic) bond motifs is 3. The first-order valence-corrected chi connectivity index (χ1v) is 7.63. The Bertz CT molecular complexity index is 923. The average molecular weight is 307 g/mol. The highest BCUT2D eigenvalue weighted by molar-refractivity contribution is 6.54. The molecule has 1 N–H and O–H groups in total. The number of likely N-dealkylation sites (N-methyl/N-ethyl adjacent to an activating group) is 1. The highest BCUT2D eigenvalue weighted by Gasteiger charge is 2.51. The zero-order valence-electron chi connectivity index (χ0n) is 13.3. The second-order valence-corrected chi connectivity index (χ2v) is 6.72. The molecule has 1 unspecified atom stereocenters. The van der Waals surface area contributed by atoms with Crippen molar-refractivity contribution in [1.29, 1.82) is 0 Å². The van der Waals surface area contributed by atoms with Gasteiger partial charge in [0, 0.05) is 23.8 Å². The maximum atomic E-state index is 12.0. The van der Waals surface area contributed by atoms with E-state index in [1.807, 2.05) is 44.0 Å². The molecule has 1 aliphatic carbocycles. The molecule has 1 heterocycles. The highest BCUT2D eigenvalue weighted by Crippen LogP contribution is 2.52. The van der Waals surface area contributed by atoms with Crippen molar-refractivity contribution in [2.24, 2.45) is 0 Å². The van der Waals surface area contributed by atoms with Crippen LogP contribution in [0, 0.1) is 0 Å². The predicted octanol–water partition coefficient (Wildman–Crippen LogP) is 2.33. The van der Waals surface area contributed by atoms with Gasteiger partial charge in [0.1, 0.15) is 0 Å². The number of aliphatic hydroxyl groups excluding tert-OH is 1. The fourth-order valence-electron chi connectivity index (χ4n) is 4.04. The lowest BCUT2D eigenvalue weighted by Gasteiger charge is -2.32. The van der Waals surface area contributed by atoms with Gasteiger partial charge in [0.05, 0.1) is 5.57 Å². The molecule has 0 aromatic heterocycles. The van der Waals surface area contributed by atoms with Crippen LogP contribution in [0.2, 0.25) is 0 Å². The third-order valence-corrected chi connectivity index (χ3v) is 5.07. The van der Waals surface area contributed by atoms with Crippen LogP contribution in [0.3, 0.4) is 0 Å². The molecular formula is C19H17NO3. The number of carbonyl (C=O) groups excluding carboxylic acids is 2. The molecule has 0 saturated heterocycles. The van der Waals surface area contributed by atoms with Gasteiger partial charge in [0.2, 0.25) is 11.6 Å². The smallest absolute Gasteiger partial charge is 0.236 e. The van der Waals surface area contributed by atoms with E-state index in [2.05, 4.69) is 18.2 Å². The number of nitrogens with zero attached hydrogens (tertiary/aromatic N) is 1. The molecule has 116 valence electrons. The molecule has 4 heteroatoms. The fourth-order valence-corrected chi connectivity index (χ4v) is 4.04. The van der Waals surface area contributed by atoms with Gasteiger partial charge in [-0.15, -0.1) is 0 Å². The molecule has 2 aliphatic rings. The fraction of sp³-hybridized carbons (Fsp3) is 0.263. The van der Waals surface area contributed by atoms with Crippen molar-refractivity contribution < 1.29 is 14.7 Å². The lowest BCUT2D eigenvalue weighted by molar-refractivity contribution is -0.145. The van der Waals surface area contributed by atoms with E-state index in [1.54, 1.807) is 0 Å². The quantitative estimate of drug-likeness (QED) is 0.599. The van der Waals surface area contributed by atoms with E-state index < -0.39 is 23.1 Å². The first-order chi connectivity index (χ1) is 10.9. The third kappa shape index (κ3) is 1.59. The van der Waals surface area contributed by atoms with Crippen LogP contribution in [0.4, 0.5) is 5.69 Å². The summed E-state index contributed by atoms with van der Waals surface area (Å²) in [6, 6.07) is 12.2. The van der Waals surface area contributed by atoms with E-state index >= 15 is 0 Å². The van der Waals surface area contributed by atoms with Crippen LogP contribution in [-0.4, -0.2) is 29.8 Å². The Hall–Kier alpha value is -2.46. The molecule has 0 amide bonds. The van der Waals surface area contributed by atoms with E-state index in [0.29, 0.717) is 0 Å². The van der Waals surface area contributed by atoms with Crippen molar-refractivity contribution in [3.63, 3.8) is 0 Å². The number of rotatable bonds is 0. The Labute approximate surface area is 134 Å². The Morgan fingerprint density at radius 1 is 1.09 bits per heavy atom. The number of hydrogen-bond donors (Lipinski definition) is 1. The van der Waals surface area contributed by atoms with Gasteiger partial charge in [0.15, 0.2) is 6.10 Å². The van der Waals surface area contributed by atoms with Crippen molar-refractivity contribution in [3.05, 3.63) is 53.2 Å². The number of aliphatic hydroxyl groups is 1. The van der Waals surface area contributed by atoms with Crippen molar-refractivity contribution in [2.75, 3.05) is 11.9 Å². The predicted molar refractivity (Wildman–Crippen MR) is 88.4 cm³/mol. The van der Waals surface area contributed by atoms with Crippen LogP contribution in [-0.2, 0) is 15.0 Å². The monoisotopic (exact) mass is 307 g/mol. The molecule has 1 fully saturated rings. The van der Waals surface area contributed by atoms with Crippen molar-refractivity contribution in [3.8, 4) is 0 Å². The van der Waals surface area contributed by atoms with E-state index in [1.165, 1.54) is 0 Å². The number of carbonyl (C=O) groups is 2. The zero-order chi connectivity index (χ0) is 16.5. The molecule has 1 saturated carbocycles. The summed E-state index contributed by atoms with van der Waals surface area (Å²) in [4.78, 5) is 25.4. The van der Waals surface area contributed by atoms with Crippen LogP contribution in [0.5, 0.6) is 0 Å². The number of ketones is 2. The van der Waals surface area contributed by atoms with Gasteiger partial charge in [-0.1, -0.05) is 44.2 Å². The molecule has 2 aromatic rings. The average Bonchev–Trinajstić information content (AvgIpc) is 2.75. The minimum absolute atomic E-state index is 0.239. The van der Waals surface area contributed by atoms with Crippen molar-refractivity contribution in [1.82, 2.24) is 0 Å². The second-order valence-electron chi connectivity index (χ2n) is 6.72. The van der Waals surface area contributed by atoms with Crippen molar-refractivity contribution in [2.45, 2.75) is 25.4 Å². The molecule has 4 rings (SSSR count). The summed E-state index contributed by atoms with van der Waals surface area (Å²) in [5.74, 6) is -1.28. The van der Waals surface area contributed by atoms with Crippen molar-refractivity contribution >= 4 is 28.0 Å². The summed E-state index contributed by atoms with van der Waals surface area (Å²) in [5.41, 5.74) is 2.64. The number of benzene rings is 2. The third-order valence-electron chi connectivity index (χ3n) is 5.07. The van der Waals surface area contributed by atoms with Gasteiger partial charge < -0.3 is 10.0 Å². The number of anilines is 1. The summed E-state index contributed by atoms with van der Waals surface area (Å²) in [5, 5.41) is 12.3. The Kier molecular flexibility index (Phi) is 2.64. The molecule has 0 spiro atoms. The number of hydrogen-bond acceptors (Lipinski definition) is 4. The van der Waals surface area contributed by atoms with Gasteiger partial charge in [-0.05, 0) is 22.4 Å². The molecule has 0 bridgehead atoms. The van der Waals surface area contributed by atoms with Gasteiger partial charge in [-0.3, -0.25) is 9.59 Å². The van der Waals surface area contributed by atoms with E-state index in [4.69, 9.17) is 0 Å². The minimum Gasteiger partial charge on any atom is -0.380 e. The Morgan fingerprint density at radius 2 is 1.78 bits per heavy atom. The van der Waals surface area contributed by atoms with Crippen LogP contribution < -0.4 is 4.90 Å². The Morgan fingerprint density at radius 3 is 2.48 bits per heavy atom. The lowest BCUT2D eigenvalue weighted by atomic mass is 9.74. The molecular weight excluding hydrogens is 290 g/mol. The van der Waals surface area contributed by atoms with Crippen LogP contribution >= 0.6 is 0 Å². The summed E-state index contributed by atoms with van der Waals surface area (Å²) in [6.07, 6.45) is -1.29. The van der Waals surface area contributed by atoms with E-state index in [0.717, 1.165) is 27.7 Å². The van der Waals surface area contributed by atoms with Gasteiger partial charge >= 0.3 is 0 Å². The number of allylic oxidation sites excluding steroid dienone is 1. The first kappa shape index (κ1) is 14.2. The lowest BCUT2D eigenvalue weighted by Crippen LogP contribution is -2.49. The summed E-state index contributed by atoms with van der Waals surface area (Å²) < 4.78 is 0. The largest absolute Gasteiger partial charge is 0.380 e. The summed E-state index contributed by atoms with van der Waals surface area (Å²) >= 11 is 0. The Balaban J connectivity index is 2.05. The summed E-state index contributed by atoms with van der Waals surface area (Å²) in [7, 11) is 1.88. The van der Waals surface area contributed by atoms with Gasteiger partial charge in [0.25, 0.3) is 0 Å². The van der Waals surface area contributed by atoms with Gasteiger partial charge in [-0.25, -0.2) is 0 Å². The van der Waals surface area contributed by atoms with E-state index in [9.17, 15) is 14.7 Å². The molecule has 1 atom stereocenters. The van der Waals surface area contributed by atoms with Crippen LogP contribution in [0.25, 0.3) is 10.8 Å². The maximum Gasteiger partial charge on any atom is 0.236 e. The highest BCUT2D eigenvalue weighted by atomic mass is 16.3. The first-order valence-electron chi connectivity index (χ1n) is 7.63. The van der Waals surface area contributed by atoms with Crippen LogP contribution in [0.1, 0.15) is 19.4 Å². The van der Waals surface area contributed by atoms with E-state index in [-0.39, 0.29) is 5.57 Å². The molecule has 23 heavy (non-hydrogen) atoms. The standard InChI is InChI=1S/C19H17NO3/c1-19(2)14-11-7-5-4-6-10(11)8-9-12(14)20(3)18(19)13-15(21)17(23)16(13)22/h4-9,15,21H,1-3H3/b18-13+. The topological polar surface area (TPSA) is 57.6 Å². The maximum absolute atomic E-state index is 12.0. The van der Waals surface area contributed by atoms with Gasteiger partial charge in [-0.2, -0.15) is 0 Å². The SMILES string of the molecule is CN1/C(=C2/C(=O)C(=O)C2O)C(C)(C)c2c1ccc1ccccc21. The van der Waals surface area contributed by atoms with Crippen LogP contribution in [0.15, 0.2) is 47.7 Å². The molecule has 2 aromatic carbocycles. The normalized spacial score (nSPS) is 25.7.